The molecule has 5 atom stereocenters. The Morgan fingerprint density at radius 2 is 1.85 bits per heavy atom. The number of alkyl halides is 3. The number of rotatable bonds is 6. The minimum Gasteiger partial charge on any atom is -0.463 e. The van der Waals surface area contributed by atoms with E-state index in [-0.39, 0.29) is 6.61 Å². The first kappa shape index (κ1) is 23.5. The number of ether oxygens (including phenoxy) is 5. The van der Waals surface area contributed by atoms with Gasteiger partial charge in [-0.1, -0.05) is 39.9 Å². The molecular formula is C13H17Cl3N4O7. The molecule has 0 aliphatic carbocycles. The van der Waals surface area contributed by atoms with Crippen molar-refractivity contribution in [2.75, 3.05) is 13.7 Å². The summed E-state index contributed by atoms with van der Waals surface area (Å²) in [6.45, 7) is 1.94. The van der Waals surface area contributed by atoms with Crippen molar-refractivity contribution in [2.24, 2.45) is 5.11 Å². The lowest BCUT2D eigenvalue weighted by molar-refractivity contribution is -0.263. The number of carbonyl (C=O) groups excluding carboxylic acids is 2. The highest BCUT2D eigenvalue weighted by molar-refractivity contribution is 6.76. The number of esters is 2. The van der Waals surface area contributed by atoms with Gasteiger partial charge in [0, 0.05) is 25.9 Å². The van der Waals surface area contributed by atoms with Crippen LogP contribution in [0.1, 0.15) is 13.8 Å². The fourth-order valence-electron chi connectivity index (χ4n) is 2.29. The van der Waals surface area contributed by atoms with Crippen LogP contribution in [0.25, 0.3) is 10.4 Å². The molecule has 1 N–H and O–H groups in total. The highest BCUT2D eigenvalue weighted by Gasteiger charge is 2.50. The van der Waals surface area contributed by atoms with Gasteiger partial charge in [0.1, 0.15) is 31.0 Å². The van der Waals surface area contributed by atoms with E-state index in [1.807, 2.05) is 0 Å². The molecule has 1 rings (SSSR count). The van der Waals surface area contributed by atoms with E-state index in [0.29, 0.717) is 0 Å². The second-order valence-corrected chi connectivity index (χ2v) is 7.54. The standard InChI is InChI=1S/C13H17Cl3N4O7/c1-5(21)24-4-7-9(25-6(2)22)8(19-20-18)10(23-3)11(26-7)27-12(17)13(14,15)16/h7-11,17H,4H2,1-3H3/t7-,8+,9+,10-,11-/m1/s1. The number of nitrogens with one attached hydrogen (secondary N) is 1. The van der Waals surface area contributed by atoms with Crippen molar-refractivity contribution in [1.82, 2.24) is 0 Å². The Morgan fingerprint density at radius 3 is 2.30 bits per heavy atom. The summed E-state index contributed by atoms with van der Waals surface area (Å²) in [5.41, 5.74) is 8.88. The molecular weight excluding hydrogens is 431 g/mol. The van der Waals surface area contributed by atoms with Crippen LogP contribution in [-0.2, 0) is 33.3 Å². The minimum atomic E-state index is -2.19. The van der Waals surface area contributed by atoms with E-state index in [1.54, 1.807) is 0 Å². The van der Waals surface area contributed by atoms with Crippen molar-refractivity contribution in [1.29, 1.82) is 5.41 Å². The van der Waals surface area contributed by atoms with Gasteiger partial charge in [-0.2, -0.15) is 0 Å². The van der Waals surface area contributed by atoms with Crippen LogP contribution in [0.5, 0.6) is 0 Å². The first-order valence-electron chi connectivity index (χ1n) is 7.36. The van der Waals surface area contributed by atoms with Crippen LogP contribution in [0.4, 0.5) is 0 Å². The second-order valence-electron chi connectivity index (χ2n) is 5.26. The third-order valence-electron chi connectivity index (χ3n) is 3.32. The Kier molecular flexibility index (Phi) is 8.86. The molecule has 14 heteroatoms. The summed E-state index contributed by atoms with van der Waals surface area (Å²) in [7, 11) is 1.25. The van der Waals surface area contributed by atoms with Crippen molar-refractivity contribution in [3.05, 3.63) is 10.4 Å². The van der Waals surface area contributed by atoms with Gasteiger partial charge in [-0.3, -0.25) is 15.0 Å². The van der Waals surface area contributed by atoms with Crippen LogP contribution in [-0.4, -0.2) is 66.0 Å². The molecule has 152 valence electrons. The smallest absolute Gasteiger partial charge is 0.303 e. The van der Waals surface area contributed by atoms with E-state index >= 15 is 0 Å². The topological polar surface area (TPSA) is 153 Å². The minimum absolute atomic E-state index is 0.359. The van der Waals surface area contributed by atoms with Crippen molar-refractivity contribution in [2.45, 2.75) is 48.3 Å². The molecule has 1 fully saturated rings. The number of hydrogen-bond donors (Lipinski definition) is 1. The number of methoxy groups -OCH3 is 1. The Hall–Kier alpha value is -1.49. The maximum absolute atomic E-state index is 11.5. The molecule has 27 heavy (non-hydrogen) atoms. The number of azide groups is 1. The summed E-state index contributed by atoms with van der Waals surface area (Å²) in [5, 5.41) is 11.3. The predicted molar refractivity (Wildman–Crippen MR) is 93.7 cm³/mol. The fraction of sp³-hybridized carbons (Fsp3) is 0.769. The summed E-state index contributed by atoms with van der Waals surface area (Å²) < 4.78 is 23.9. The normalized spacial score (nSPS) is 27.9. The number of halogens is 3. The molecule has 0 amide bonds. The SMILES string of the molecule is CO[C@H]1[C@@H](OC(=N)C(Cl)(Cl)Cl)O[C@H](COC(C)=O)[C@H](OC(C)=O)[C@@H]1N=[N+]=[N-]. The number of carbonyl (C=O) groups is 2. The lowest BCUT2D eigenvalue weighted by atomic mass is 9.96. The van der Waals surface area contributed by atoms with Crippen molar-refractivity contribution < 1.29 is 33.3 Å². The quantitative estimate of drug-likeness (QED) is 0.125. The first-order valence-corrected chi connectivity index (χ1v) is 8.50. The van der Waals surface area contributed by atoms with E-state index in [1.165, 1.54) is 14.0 Å². The van der Waals surface area contributed by atoms with Crippen LogP contribution in [0.2, 0.25) is 0 Å². The summed E-state index contributed by atoms with van der Waals surface area (Å²) in [4.78, 5) is 25.3. The van der Waals surface area contributed by atoms with E-state index in [0.717, 1.165) is 6.92 Å². The van der Waals surface area contributed by atoms with Crippen LogP contribution >= 0.6 is 34.8 Å². The molecule has 1 aliphatic heterocycles. The van der Waals surface area contributed by atoms with Crippen LogP contribution in [0, 0.1) is 5.41 Å². The maximum atomic E-state index is 11.5. The Balaban J connectivity index is 3.21. The van der Waals surface area contributed by atoms with Crippen molar-refractivity contribution in [3.8, 4) is 0 Å². The third kappa shape index (κ3) is 6.87. The summed E-state index contributed by atoms with van der Waals surface area (Å²) in [6.07, 6.45) is -4.79. The van der Waals surface area contributed by atoms with Gasteiger partial charge in [-0.15, -0.1) is 0 Å². The molecule has 1 aliphatic rings. The Bertz CT molecular complexity index is 624. The molecule has 1 saturated heterocycles. The zero-order valence-corrected chi connectivity index (χ0v) is 16.7. The number of nitrogens with zero attached hydrogens (tertiary/aromatic N) is 3. The third-order valence-corrected chi connectivity index (χ3v) is 3.83. The van der Waals surface area contributed by atoms with Crippen LogP contribution in [0.3, 0.4) is 0 Å². The lowest BCUT2D eigenvalue weighted by Crippen LogP contribution is -2.61. The van der Waals surface area contributed by atoms with Gasteiger partial charge in [0.2, 0.25) is 12.2 Å². The van der Waals surface area contributed by atoms with Crippen molar-refractivity contribution in [3.63, 3.8) is 0 Å². The summed E-state index contributed by atoms with van der Waals surface area (Å²) >= 11 is 16.8. The zero-order chi connectivity index (χ0) is 20.8. The Morgan fingerprint density at radius 1 is 1.22 bits per heavy atom. The molecule has 0 spiro atoms. The van der Waals surface area contributed by atoms with Gasteiger partial charge < -0.3 is 23.7 Å². The van der Waals surface area contributed by atoms with Gasteiger partial charge in [-0.25, -0.2) is 0 Å². The van der Waals surface area contributed by atoms with Gasteiger partial charge in [0.05, 0.1) is 0 Å². The molecule has 0 bridgehead atoms. The highest BCUT2D eigenvalue weighted by Crippen LogP contribution is 2.33. The van der Waals surface area contributed by atoms with Crippen molar-refractivity contribution >= 4 is 52.6 Å². The molecule has 0 unspecified atom stereocenters. The average molecular weight is 448 g/mol. The van der Waals surface area contributed by atoms with E-state index in [9.17, 15) is 9.59 Å². The zero-order valence-electron chi connectivity index (χ0n) is 14.4. The maximum Gasteiger partial charge on any atom is 0.303 e. The Labute approximate surface area is 169 Å². The lowest BCUT2D eigenvalue weighted by Gasteiger charge is -2.43. The van der Waals surface area contributed by atoms with Gasteiger partial charge >= 0.3 is 11.9 Å². The van der Waals surface area contributed by atoms with E-state index in [2.05, 4.69) is 10.0 Å². The van der Waals surface area contributed by atoms with Gasteiger partial charge in [-0.05, 0) is 5.53 Å². The van der Waals surface area contributed by atoms with E-state index < -0.39 is 52.3 Å². The van der Waals surface area contributed by atoms with E-state index in [4.69, 9.17) is 69.4 Å². The molecule has 1 heterocycles. The molecule has 11 nitrogen and oxygen atoms in total. The molecule has 0 aromatic heterocycles. The van der Waals surface area contributed by atoms with Gasteiger partial charge in [0.15, 0.2) is 0 Å². The largest absolute Gasteiger partial charge is 0.463 e. The predicted octanol–water partition coefficient (Wildman–Crippen LogP) is 2.26. The second kappa shape index (κ2) is 10.2. The average Bonchev–Trinajstić information content (AvgIpc) is 2.54. The summed E-state index contributed by atoms with van der Waals surface area (Å²) in [6, 6.07) is -1.15. The van der Waals surface area contributed by atoms with Crippen LogP contribution in [0.15, 0.2) is 5.11 Å². The molecule has 0 aromatic carbocycles. The molecule has 0 radical (unpaired) electrons. The first-order chi connectivity index (χ1) is 12.5. The fourth-order valence-corrected chi connectivity index (χ4v) is 2.42. The van der Waals surface area contributed by atoms with Crippen LogP contribution < -0.4 is 0 Å². The molecule has 0 aromatic rings. The van der Waals surface area contributed by atoms with Gasteiger partial charge in [0.25, 0.3) is 3.79 Å². The highest BCUT2D eigenvalue weighted by atomic mass is 35.6. The molecule has 0 saturated carbocycles. The number of hydrogen-bond acceptors (Lipinski definition) is 9. The monoisotopic (exact) mass is 446 g/mol. The summed E-state index contributed by atoms with van der Waals surface area (Å²) in [5.74, 6) is -2.10.